The lowest BCUT2D eigenvalue weighted by molar-refractivity contribution is -0.145. The van der Waals surface area contributed by atoms with Gasteiger partial charge in [-0.2, -0.15) is 0 Å². The van der Waals surface area contributed by atoms with Crippen molar-refractivity contribution in [3.05, 3.63) is 28.8 Å². The Kier molecular flexibility index (Phi) is 5.20. The summed E-state index contributed by atoms with van der Waals surface area (Å²) in [6, 6.07) is 4.75. The van der Waals surface area contributed by atoms with Crippen molar-refractivity contribution in [1.82, 2.24) is 4.90 Å². The fraction of sp³-hybridized carbons (Fsp3) is 0.467. The van der Waals surface area contributed by atoms with Gasteiger partial charge in [0.2, 0.25) is 5.91 Å². The number of benzene rings is 1. The molecule has 0 bridgehead atoms. The van der Waals surface area contributed by atoms with Crippen LogP contribution >= 0.6 is 11.6 Å². The first-order chi connectivity index (χ1) is 9.99. The zero-order valence-electron chi connectivity index (χ0n) is 11.9. The third-order valence-corrected chi connectivity index (χ3v) is 4.20. The molecule has 1 amide bonds. The van der Waals surface area contributed by atoms with Crippen LogP contribution in [0.1, 0.15) is 24.8 Å². The minimum atomic E-state index is -0.860. The van der Waals surface area contributed by atoms with Gasteiger partial charge in [-0.3, -0.25) is 14.5 Å². The van der Waals surface area contributed by atoms with Crippen LogP contribution in [0.15, 0.2) is 18.2 Å². The van der Waals surface area contributed by atoms with Gasteiger partial charge in [-0.15, -0.1) is 0 Å². The van der Waals surface area contributed by atoms with Crippen LogP contribution in [-0.2, 0) is 9.59 Å². The van der Waals surface area contributed by atoms with Gasteiger partial charge in [0.05, 0.1) is 6.54 Å². The third kappa shape index (κ3) is 3.95. The standard InChI is InChI=1S/C15H19ClN2O3/c1-10-11(16)5-4-6-12(10)17-14(19)9-18-8-3-2-7-13(18)15(20)21/h4-6,13H,2-3,7-9H2,1H3,(H,17,19)(H,20,21). The van der Waals surface area contributed by atoms with Gasteiger partial charge in [-0.1, -0.05) is 24.1 Å². The van der Waals surface area contributed by atoms with Gasteiger partial charge in [0.25, 0.3) is 0 Å². The van der Waals surface area contributed by atoms with Crippen molar-refractivity contribution in [1.29, 1.82) is 0 Å². The molecule has 0 spiro atoms. The zero-order chi connectivity index (χ0) is 15.4. The summed E-state index contributed by atoms with van der Waals surface area (Å²) in [6.45, 7) is 2.56. The number of nitrogens with one attached hydrogen (secondary N) is 1. The summed E-state index contributed by atoms with van der Waals surface area (Å²) < 4.78 is 0. The van der Waals surface area contributed by atoms with E-state index in [0.717, 1.165) is 18.4 Å². The Morgan fingerprint density at radius 2 is 2.19 bits per heavy atom. The number of nitrogens with zero attached hydrogens (tertiary/aromatic N) is 1. The molecule has 1 aromatic carbocycles. The molecule has 1 aromatic rings. The normalized spacial score (nSPS) is 19.2. The first-order valence-electron chi connectivity index (χ1n) is 7.01. The number of halogens is 1. The smallest absolute Gasteiger partial charge is 0.320 e. The molecule has 0 saturated carbocycles. The van der Waals surface area contributed by atoms with Crippen LogP contribution in [0.4, 0.5) is 5.69 Å². The van der Waals surface area contributed by atoms with E-state index in [-0.39, 0.29) is 12.5 Å². The highest BCUT2D eigenvalue weighted by Crippen LogP contribution is 2.23. The van der Waals surface area contributed by atoms with E-state index in [2.05, 4.69) is 5.32 Å². The molecule has 1 unspecified atom stereocenters. The molecule has 21 heavy (non-hydrogen) atoms. The molecular weight excluding hydrogens is 292 g/mol. The molecule has 1 fully saturated rings. The summed E-state index contributed by atoms with van der Waals surface area (Å²) in [6.07, 6.45) is 2.41. The monoisotopic (exact) mass is 310 g/mol. The van der Waals surface area contributed by atoms with Crippen molar-refractivity contribution in [2.24, 2.45) is 0 Å². The lowest BCUT2D eigenvalue weighted by Gasteiger charge is -2.32. The maximum Gasteiger partial charge on any atom is 0.320 e. The largest absolute Gasteiger partial charge is 0.480 e. The number of carbonyl (C=O) groups excluding carboxylic acids is 1. The second-order valence-electron chi connectivity index (χ2n) is 5.28. The number of carbonyl (C=O) groups is 2. The van der Waals surface area contributed by atoms with Gasteiger partial charge in [-0.25, -0.2) is 0 Å². The number of rotatable bonds is 4. The molecule has 1 heterocycles. The molecule has 2 N–H and O–H groups in total. The van der Waals surface area contributed by atoms with Gasteiger partial charge >= 0.3 is 5.97 Å². The zero-order valence-corrected chi connectivity index (χ0v) is 12.7. The lowest BCUT2D eigenvalue weighted by atomic mass is 10.0. The van der Waals surface area contributed by atoms with E-state index in [1.165, 1.54) is 0 Å². The van der Waals surface area contributed by atoms with Crippen LogP contribution in [0.2, 0.25) is 5.02 Å². The van der Waals surface area contributed by atoms with Crippen LogP contribution in [0.25, 0.3) is 0 Å². The maximum absolute atomic E-state index is 12.1. The summed E-state index contributed by atoms with van der Waals surface area (Å²) >= 11 is 6.01. The molecule has 0 aliphatic carbocycles. The first-order valence-corrected chi connectivity index (χ1v) is 7.38. The van der Waals surface area contributed by atoms with E-state index in [4.69, 9.17) is 11.6 Å². The summed E-state index contributed by atoms with van der Waals surface area (Å²) in [5.41, 5.74) is 1.47. The highest BCUT2D eigenvalue weighted by molar-refractivity contribution is 6.31. The molecular formula is C15H19ClN2O3. The van der Waals surface area contributed by atoms with E-state index in [9.17, 15) is 14.7 Å². The lowest BCUT2D eigenvalue weighted by Crippen LogP contribution is -2.47. The minimum Gasteiger partial charge on any atom is -0.480 e. The average molecular weight is 311 g/mol. The molecule has 6 heteroatoms. The van der Waals surface area contributed by atoms with Crippen molar-refractivity contribution >= 4 is 29.2 Å². The minimum absolute atomic E-state index is 0.0862. The summed E-state index contributed by atoms with van der Waals surface area (Å²) in [4.78, 5) is 25.1. The third-order valence-electron chi connectivity index (χ3n) is 3.79. The van der Waals surface area contributed by atoms with Crippen LogP contribution in [-0.4, -0.2) is 41.0 Å². The van der Waals surface area contributed by atoms with Crippen LogP contribution < -0.4 is 5.32 Å². The van der Waals surface area contributed by atoms with Gasteiger partial charge in [0.15, 0.2) is 0 Å². The molecule has 1 saturated heterocycles. The van der Waals surface area contributed by atoms with Crippen LogP contribution in [0.3, 0.4) is 0 Å². The highest BCUT2D eigenvalue weighted by atomic mass is 35.5. The second-order valence-corrected chi connectivity index (χ2v) is 5.69. The van der Waals surface area contributed by atoms with Crippen molar-refractivity contribution in [2.45, 2.75) is 32.2 Å². The number of amides is 1. The number of likely N-dealkylation sites (tertiary alicyclic amines) is 1. The Morgan fingerprint density at radius 1 is 1.43 bits per heavy atom. The van der Waals surface area contributed by atoms with E-state index in [1.54, 1.807) is 23.1 Å². The Labute approximate surface area is 128 Å². The SMILES string of the molecule is Cc1c(Cl)cccc1NC(=O)CN1CCCCC1C(=O)O. The van der Waals surface area contributed by atoms with Crippen molar-refractivity contribution in [3.8, 4) is 0 Å². The molecule has 1 aliphatic rings. The summed E-state index contributed by atoms with van der Waals surface area (Å²) in [5.74, 6) is -1.07. The summed E-state index contributed by atoms with van der Waals surface area (Å²) in [5, 5.41) is 12.6. The van der Waals surface area contributed by atoms with Gasteiger partial charge < -0.3 is 10.4 Å². The number of carboxylic acid groups (broad SMARTS) is 1. The maximum atomic E-state index is 12.1. The second kappa shape index (κ2) is 6.91. The Balaban J connectivity index is 2.00. The van der Waals surface area contributed by atoms with Crippen molar-refractivity contribution in [2.75, 3.05) is 18.4 Å². The number of hydrogen-bond acceptors (Lipinski definition) is 3. The topological polar surface area (TPSA) is 69.6 Å². The fourth-order valence-corrected chi connectivity index (χ4v) is 2.75. The van der Waals surface area contributed by atoms with Gasteiger partial charge in [0.1, 0.15) is 6.04 Å². The molecule has 0 radical (unpaired) electrons. The molecule has 1 atom stereocenters. The molecule has 0 aromatic heterocycles. The molecule has 2 rings (SSSR count). The first kappa shape index (κ1) is 15.8. The van der Waals surface area contributed by atoms with Crippen molar-refractivity contribution < 1.29 is 14.7 Å². The number of carboxylic acids is 1. The molecule has 1 aliphatic heterocycles. The molecule has 5 nitrogen and oxygen atoms in total. The van der Waals surface area contributed by atoms with Gasteiger partial charge in [0, 0.05) is 10.7 Å². The predicted molar refractivity (Wildman–Crippen MR) is 81.7 cm³/mol. The van der Waals surface area contributed by atoms with E-state index < -0.39 is 12.0 Å². The average Bonchev–Trinajstić information content (AvgIpc) is 2.44. The Bertz CT molecular complexity index is 548. The Morgan fingerprint density at radius 3 is 2.90 bits per heavy atom. The van der Waals surface area contributed by atoms with E-state index >= 15 is 0 Å². The van der Waals surface area contributed by atoms with E-state index in [1.807, 2.05) is 6.92 Å². The highest BCUT2D eigenvalue weighted by Gasteiger charge is 2.29. The fourth-order valence-electron chi connectivity index (χ4n) is 2.58. The van der Waals surface area contributed by atoms with Crippen LogP contribution in [0.5, 0.6) is 0 Å². The quantitative estimate of drug-likeness (QED) is 0.896. The number of hydrogen-bond donors (Lipinski definition) is 2. The number of aliphatic carboxylic acids is 1. The number of piperidine rings is 1. The van der Waals surface area contributed by atoms with Crippen LogP contribution in [0, 0.1) is 6.92 Å². The predicted octanol–water partition coefficient (Wildman–Crippen LogP) is 2.53. The number of anilines is 1. The molecule has 114 valence electrons. The Hall–Kier alpha value is -1.59. The van der Waals surface area contributed by atoms with E-state index in [0.29, 0.717) is 23.7 Å². The summed E-state index contributed by atoms with van der Waals surface area (Å²) in [7, 11) is 0. The van der Waals surface area contributed by atoms with Crippen molar-refractivity contribution in [3.63, 3.8) is 0 Å². The van der Waals surface area contributed by atoms with Gasteiger partial charge in [-0.05, 0) is 44.0 Å².